The summed E-state index contributed by atoms with van der Waals surface area (Å²) >= 11 is 0. The van der Waals surface area contributed by atoms with Crippen LogP contribution in [0.25, 0.3) is 5.69 Å². The number of hydrogen-bond acceptors (Lipinski definition) is 6. The molecule has 0 radical (unpaired) electrons. The minimum atomic E-state index is -0.674. The van der Waals surface area contributed by atoms with Gasteiger partial charge in [-0.3, -0.25) is 4.79 Å². The fraction of sp³-hybridized carbons (Fsp3) is 0.188. The van der Waals surface area contributed by atoms with E-state index in [0.717, 1.165) is 0 Å². The summed E-state index contributed by atoms with van der Waals surface area (Å²) < 4.78 is 11.8. The van der Waals surface area contributed by atoms with Crippen LogP contribution in [0.15, 0.2) is 24.4 Å². The first-order chi connectivity index (χ1) is 11.5. The second kappa shape index (κ2) is 5.62. The van der Waals surface area contributed by atoms with Crippen LogP contribution in [0, 0.1) is 11.3 Å². The fourth-order valence-corrected chi connectivity index (χ4v) is 2.58. The molecular weight excluding hydrogens is 312 g/mol. The topological polar surface area (TPSA) is 111 Å². The van der Waals surface area contributed by atoms with Crippen molar-refractivity contribution in [1.29, 1.82) is 5.26 Å². The number of carbonyl (C=O) groups is 2. The summed E-state index contributed by atoms with van der Waals surface area (Å²) in [5, 5.41) is 9.19. The molecule has 0 bridgehead atoms. The maximum absolute atomic E-state index is 12.1. The largest absolute Gasteiger partial charge is 0.479 e. The first-order valence-electron chi connectivity index (χ1n) is 7.01. The van der Waals surface area contributed by atoms with Gasteiger partial charge in [-0.15, -0.1) is 0 Å². The molecular formula is C16H14N4O4. The molecule has 0 fully saturated rings. The van der Waals surface area contributed by atoms with Crippen LogP contribution in [-0.4, -0.2) is 37.2 Å². The first-order valence-corrected chi connectivity index (χ1v) is 7.01. The van der Waals surface area contributed by atoms with Crippen LogP contribution in [0.3, 0.4) is 0 Å². The number of para-hydroxylation sites is 1. The van der Waals surface area contributed by atoms with E-state index >= 15 is 0 Å². The number of benzene rings is 1. The summed E-state index contributed by atoms with van der Waals surface area (Å²) in [6.45, 7) is -0.115. The summed E-state index contributed by atoms with van der Waals surface area (Å²) in [6.07, 6.45) is 1.44. The summed E-state index contributed by atoms with van der Waals surface area (Å²) in [6, 6.07) is 7.09. The average Bonchev–Trinajstić information content (AvgIpc) is 2.93. The Morgan fingerprint density at radius 1 is 1.42 bits per heavy atom. The molecule has 3 rings (SSSR count). The number of ether oxygens (including phenoxy) is 2. The third-order valence-corrected chi connectivity index (χ3v) is 3.85. The molecule has 2 aromatic rings. The normalized spacial score (nSPS) is 13.0. The highest BCUT2D eigenvalue weighted by Gasteiger charge is 2.28. The summed E-state index contributed by atoms with van der Waals surface area (Å²) in [4.78, 5) is 25.4. The monoisotopic (exact) mass is 326 g/mol. The van der Waals surface area contributed by atoms with Crippen molar-refractivity contribution >= 4 is 23.3 Å². The molecule has 1 amide bonds. The molecule has 0 unspecified atom stereocenters. The van der Waals surface area contributed by atoms with Gasteiger partial charge in [0.15, 0.2) is 18.1 Å². The minimum Gasteiger partial charge on any atom is -0.479 e. The fourth-order valence-electron chi connectivity index (χ4n) is 2.58. The predicted octanol–water partition coefficient (Wildman–Crippen LogP) is 1.07. The van der Waals surface area contributed by atoms with E-state index in [0.29, 0.717) is 17.1 Å². The predicted molar refractivity (Wildman–Crippen MR) is 85.1 cm³/mol. The van der Waals surface area contributed by atoms with E-state index in [9.17, 15) is 14.9 Å². The Morgan fingerprint density at radius 3 is 2.79 bits per heavy atom. The standard InChI is InChI=1S/C16H14N4O4/c1-19-10-4-3-5-11(15(10)24-8-12(19)21)20-7-9(6-17)13(18)14(20)16(22)23-2/h3-5,7H,8,18H2,1-2H3. The molecule has 1 aliphatic heterocycles. The highest BCUT2D eigenvalue weighted by Crippen LogP contribution is 2.38. The third-order valence-electron chi connectivity index (χ3n) is 3.85. The number of rotatable bonds is 2. The SMILES string of the molecule is COC(=O)c1c(N)c(C#N)cn1-c1cccc2c1OCC(=O)N2C. The van der Waals surface area contributed by atoms with Crippen molar-refractivity contribution in [3.63, 3.8) is 0 Å². The molecule has 2 heterocycles. The lowest BCUT2D eigenvalue weighted by atomic mass is 10.2. The Morgan fingerprint density at radius 2 is 2.12 bits per heavy atom. The Labute approximate surface area is 137 Å². The van der Waals surface area contributed by atoms with E-state index in [1.165, 1.54) is 22.8 Å². The maximum atomic E-state index is 12.1. The summed E-state index contributed by atoms with van der Waals surface area (Å²) in [5.41, 5.74) is 7.16. The summed E-state index contributed by atoms with van der Waals surface area (Å²) in [7, 11) is 2.87. The second-order valence-corrected chi connectivity index (χ2v) is 5.15. The van der Waals surface area contributed by atoms with Gasteiger partial charge < -0.3 is 24.7 Å². The van der Waals surface area contributed by atoms with E-state index in [2.05, 4.69) is 0 Å². The molecule has 24 heavy (non-hydrogen) atoms. The third kappa shape index (κ3) is 2.14. The number of carbonyl (C=O) groups excluding carboxylic acids is 2. The first kappa shape index (κ1) is 15.4. The zero-order chi connectivity index (χ0) is 17.4. The summed E-state index contributed by atoms with van der Waals surface area (Å²) in [5.74, 6) is -0.436. The highest BCUT2D eigenvalue weighted by molar-refractivity contribution is 5.99. The van der Waals surface area contributed by atoms with Crippen LogP contribution in [0.1, 0.15) is 16.1 Å². The number of hydrogen-bond donors (Lipinski definition) is 1. The van der Waals surface area contributed by atoms with E-state index in [4.69, 9.17) is 15.2 Å². The van der Waals surface area contributed by atoms with Gasteiger partial charge in [0, 0.05) is 13.2 Å². The van der Waals surface area contributed by atoms with Crippen LogP contribution in [0.5, 0.6) is 5.75 Å². The number of fused-ring (bicyclic) bond motifs is 1. The van der Waals surface area contributed by atoms with Gasteiger partial charge in [-0.25, -0.2) is 4.79 Å². The van der Waals surface area contributed by atoms with Gasteiger partial charge in [0.2, 0.25) is 0 Å². The lowest BCUT2D eigenvalue weighted by Crippen LogP contribution is -2.35. The molecule has 8 nitrogen and oxygen atoms in total. The number of nitriles is 1. The average molecular weight is 326 g/mol. The molecule has 0 saturated heterocycles. The molecule has 122 valence electrons. The number of anilines is 2. The maximum Gasteiger partial charge on any atom is 0.357 e. The molecule has 8 heteroatoms. The number of nitrogens with zero attached hydrogens (tertiary/aromatic N) is 3. The van der Waals surface area contributed by atoms with Crippen molar-refractivity contribution in [3.8, 4) is 17.5 Å². The van der Waals surface area contributed by atoms with E-state index < -0.39 is 5.97 Å². The zero-order valence-electron chi connectivity index (χ0n) is 13.1. The van der Waals surface area contributed by atoms with Crippen molar-refractivity contribution in [1.82, 2.24) is 4.57 Å². The van der Waals surface area contributed by atoms with Crippen molar-refractivity contribution in [3.05, 3.63) is 35.7 Å². The highest BCUT2D eigenvalue weighted by atomic mass is 16.5. The number of esters is 1. The Hall–Kier alpha value is -3.47. The lowest BCUT2D eigenvalue weighted by molar-refractivity contribution is -0.120. The molecule has 1 aromatic carbocycles. The van der Waals surface area contributed by atoms with Gasteiger partial charge in [0.25, 0.3) is 5.91 Å². The lowest BCUT2D eigenvalue weighted by Gasteiger charge is -2.27. The van der Waals surface area contributed by atoms with Crippen LogP contribution >= 0.6 is 0 Å². The van der Waals surface area contributed by atoms with Crippen molar-refractivity contribution < 1.29 is 19.1 Å². The number of likely N-dealkylation sites (N-methyl/N-ethyl adjacent to an activating group) is 1. The van der Waals surface area contributed by atoms with E-state index in [1.54, 1.807) is 25.2 Å². The van der Waals surface area contributed by atoms with Gasteiger partial charge >= 0.3 is 5.97 Å². The molecule has 0 atom stereocenters. The Balaban J connectivity index is 2.27. The van der Waals surface area contributed by atoms with E-state index in [-0.39, 0.29) is 29.5 Å². The molecule has 0 spiro atoms. The van der Waals surface area contributed by atoms with Gasteiger partial charge in [0.1, 0.15) is 6.07 Å². The molecule has 0 aliphatic carbocycles. The number of methoxy groups -OCH3 is 1. The molecule has 1 aliphatic rings. The van der Waals surface area contributed by atoms with Crippen molar-refractivity contribution in [2.24, 2.45) is 0 Å². The number of nitrogens with two attached hydrogens (primary N) is 1. The smallest absolute Gasteiger partial charge is 0.357 e. The number of aromatic nitrogens is 1. The van der Waals surface area contributed by atoms with Gasteiger partial charge in [0.05, 0.1) is 29.7 Å². The zero-order valence-corrected chi connectivity index (χ0v) is 13.1. The van der Waals surface area contributed by atoms with Crippen LogP contribution in [-0.2, 0) is 9.53 Å². The van der Waals surface area contributed by atoms with E-state index in [1.807, 2.05) is 6.07 Å². The van der Waals surface area contributed by atoms with Gasteiger partial charge in [-0.2, -0.15) is 5.26 Å². The van der Waals surface area contributed by atoms with Crippen molar-refractivity contribution in [2.75, 3.05) is 31.4 Å². The quantitative estimate of drug-likeness (QED) is 0.827. The molecule has 2 N–H and O–H groups in total. The van der Waals surface area contributed by atoms with Crippen LogP contribution in [0.4, 0.5) is 11.4 Å². The number of nitrogen functional groups attached to an aromatic ring is 1. The van der Waals surface area contributed by atoms with Crippen LogP contribution < -0.4 is 15.4 Å². The molecule has 1 aromatic heterocycles. The Bertz CT molecular complexity index is 894. The van der Waals surface area contributed by atoms with Crippen molar-refractivity contribution in [2.45, 2.75) is 0 Å². The Kier molecular flexibility index (Phi) is 3.62. The molecule has 0 saturated carbocycles. The van der Waals surface area contributed by atoms with Gasteiger partial charge in [-0.05, 0) is 12.1 Å². The number of amides is 1. The van der Waals surface area contributed by atoms with Crippen LogP contribution in [0.2, 0.25) is 0 Å². The minimum absolute atomic E-state index is 0.0298. The second-order valence-electron chi connectivity index (χ2n) is 5.15. The van der Waals surface area contributed by atoms with Gasteiger partial charge in [-0.1, -0.05) is 6.07 Å².